The monoisotopic (exact) mass is 202 g/mol. The van der Waals surface area contributed by atoms with Crippen LogP contribution in [0.15, 0.2) is 0 Å². The van der Waals surface area contributed by atoms with Gasteiger partial charge in [-0.25, -0.2) is 4.79 Å². The molecule has 0 aliphatic heterocycles. The van der Waals surface area contributed by atoms with Gasteiger partial charge < -0.3 is 4.74 Å². The molecule has 0 radical (unpaired) electrons. The lowest BCUT2D eigenvalue weighted by atomic mass is 10.5. The van der Waals surface area contributed by atoms with Crippen LogP contribution in [-0.2, 0) is 4.74 Å². The highest BCUT2D eigenvalue weighted by Crippen LogP contribution is 2.53. The van der Waals surface area contributed by atoms with Gasteiger partial charge in [-0.05, 0) is 6.42 Å². The van der Waals surface area contributed by atoms with Gasteiger partial charge in [-0.3, -0.25) is 0 Å². The summed E-state index contributed by atoms with van der Waals surface area (Å²) in [5.74, 6) is 0.0542. The first-order valence-electron chi connectivity index (χ1n) is 2.72. The van der Waals surface area contributed by atoms with Crippen LogP contribution in [-0.4, -0.2) is 16.4 Å². The number of carbonyl (C=O) groups is 1. The second kappa shape index (κ2) is 2.76. The smallest absolute Gasteiger partial charge is 0.403 e. The zero-order valence-electron chi connectivity index (χ0n) is 4.94. The molecule has 2 nitrogen and oxygen atoms in total. The number of alkyl halides is 2. The molecule has 58 valence electrons. The van der Waals surface area contributed by atoms with E-state index < -0.39 is 9.76 Å². The molecule has 1 fully saturated rings. The zero-order chi connectivity index (χ0) is 7.78. The number of carbonyl (C=O) groups excluding carboxylic acids is 1. The third-order valence-electron chi connectivity index (χ3n) is 1.35. The molecule has 0 bridgehead atoms. The Hall–Kier alpha value is 0.340. The Morgan fingerprint density at radius 2 is 2.20 bits per heavy atom. The first-order valence-corrected chi connectivity index (χ1v) is 3.86. The van der Waals surface area contributed by atoms with Crippen molar-refractivity contribution in [3.05, 3.63) is 0 Å². The molecule has 1 saturated carbocycles. The highest BCUT2D eigenvalue weighted by atomic mass is 35.5. The SMILES string of the molecule is O=C(Cl)OCC1CC1(Cl)Cl. The predicted molar refractivity (Wildman–Crippen MR) is 39.7 cm³/mol. The Morgan fingerprint density at radius 1 is 1.70 bits per heavy atom. The van der Waals surface area contributed by atoms with Crippen molar-refractivity contribution < 1.29 is 9.53 Å². The van der Waals surface area contributed by atoms with Crippen molar-refractivity contribution in [2.75, 3.05) is 6.61 Å². The molecule has 0 aromatic carbocycles. The first kappa shape index (κ1) is 8.44. The fourth-order valence-electron chi connectivity index (χ4n) is 0.617. The van der Waals surface area contributed by atoms with Crippen molar-refractivity contribution in [3.8, 4) is 0 Å². The highest BCUT2D eigenvalue weighted by molar-refractivity contribution is 6.61. The van der Waals surface area contributed by atoms with Gasteiger partial charge in [0.1, 0.15) is 4.33 Å². The fraction of sp³-hybridized carbons (Fsp3) is 0.800. The lowest BCUT2D eigenvalue weighted by molar-refractivity contribution is 0.167. The van der Waals surface area contributed by atoms with Crippen LogP contribution in [0.5, 0.6) is 0 Å². The lowest BCUT2D eigenvalue weighted by Crippen LogP contribution is -2.02. The lowest BCUT2D eigenvalue weighted by Gasteiger charge is -1.98. The summed E-state index contributed by atoms with van der Waals surface area (Å²) in [5.41, 5.74) is -0.809. The summed E-state index contributed by atoms with van der Waals surface area (Å²) in [6, 6.07) is 0. The third kappa shape index (κ3) is 2.19. The van der Waals surface area contributed by atoms with Crippen molar-refractivity contribution >= 4 is 40.2 Å². The Balaban J connectivity index is 2.13. The summed E-state index contributed by atoms with van der Waals surface area (Å²) in [6.07, 6.45) is 0.667. The minimum Gasteiger partial charge on any atom is -0.453 e. The van der Waals surface area contributed by atoms with E-state index >= 15 is 0 Å². The maximum absolute atomic E-state index is 10.0. The second-order valence-corrected chi connectivity index (χ2v) is 4.06. The molecule has 0 aromatic heterocycles. The number of ether oxygens (including phenoxy) is 1. The molecule has 0 aromatic rings. The van der Waals surface area contributed by atoms with E-state index in [2.05, 4.69) is 4.74 Å². The van der Waals surface area contributed by atoms with Crippen molar-refractivity contribution in [1.29, 1.82) is 0 Å². The minimum atomic E-state index is -0.809. The van der Waals surface area contributed by atoms with E-state index in [1.807, 2.05) is 0 Å². The van der Waals surface area contributed by atoms with Crippen LogP contribution in [0.3, 0.4) is 0 Å². The summed E-state index contributed by atoms with van der Waals surface area (Å²) in [6.45, 7) is 0.218. The van der Waals surface area contributed by atoms with Crippen molar-refractivity contribution in [2.45, 2.75) is 10.8 Å². The quantitative estimate of drug-likeness (QED) is 0.509. The minimum absolute atomic E-state index is 0.0542. The van der Waals surface area contributed by atoms with E-state index in [1.54, 1.807) is 0 Å². The topological polar surface area (TPSA) is 26.3 Å². The van der Waals surface area contributed by atoms with Gasteiger partial charge in [-0.2, -0.15) is 0 Å². The Kier molecular flexibility index (Phi) is 2.33. The van der Waals surface area contributed by atoms with Crippen molar-refractivity contribution in [1.82, 2.24) is 0 Å². The van der Waals surface area contributed by atoms with Gasteiger partial charge in [0.05, 0.1) is 6.61 Å². The summed E-state index contributed by atoms with van der Waals surface area (Å²) in [4.78, 5) is 10.0. The van der Waals surface area contributed by atoms with Gasteiger partial charge in [0.2, 0.25) is 0 Å². The van der Waals surface area contributed by atoms with Crippen LogP contribution in [0.4, 0.5) is 4.79 Å². The maximum Gasteiger partial charge on any atom is 0.403 e. The Bertz CT molecular complexity index is 157. The van der Waals surface area contributed by atoms with E-state index in [-0.39, 0.29) is 12.5 Å². The molecule has 0 N–H and O–H groups in total. The number of rotatable bonds is 2. The summed E-state index contributed by atoms with van der Waals surface area (Å²) in [7, 11) is 0. The van der Waals surface area contributed by atoms with Crippen molar-refractivity contribution in [3.63, 3.8) is 0 Å². The Morgan fingerprint density at radius 3 is 2.50 bits per heavy atom. The molecular weight excluding hydrogens is 198 g/mol. The van der Waals surface area contributed by atoms with Crippen molar-refractivity contribution in [2.24, 2.45) is 5.92 Å². The summed E-state index contributed by atoms with van der Waals surface area (Å²) >= 11 is 16.1. The molecule has 1 atom stereocenters. The van der Waals surface area contributed by atoms with Crippen LogP contribution < -0.4 is 0 Å². The number of halogens is 3. The molecule has 0 heterocycles. The standard InChI is InChI=1S/C5H5Cl3O2/c6-4(9)10-2-3-1-5(3,7)8/h3H,1-2H2. The van der Waals surface area contributed by atoms with Gasteiger partial charge in [0.25, 0.3) is 0 Å². The third-order valence-corrected chi connectivity index (χ3v) is 2.39. The first-order chi connectivity index (χ1) is 4.52. The number of hydrogen-bond donors (Lipinski definition) is 0. The molecular formula is C5H5Cl3O2. The summed E-state index contributed by atoms with van der Waals surface area (Å²) in [5, 5.41) is 0. The van der Waals surface area contributed by atoms with Gasteiger partial charge >= 0.3 is 5.43 Å². The van der Waals surface area contributed by atoms with Gasteiger partial charge in [-0.15, -0.1) is 23.2 Å². The van der Waals surface area contributed by atoms with Gasteiger partial charge in [-0.1, -0.05) is 0 Å². The van der Waals surface area contributed by atoms with Gasteiger partial charge in [0.15, 0.2) is 0 Å². The molecule has 0 saturated heterocycles. The van der Waals surface area contributed by atoms with Crippen LogP contribution in [0.1, 0.15) is 6.42 Å². The molecule has 1 rings (SSSR count). The fourth-order valence-corrected chi connectivity index (χ4v) is 1.18. The summed E-state index contributed by atoms with van der Waals surface area (Å²) < 4.78 is 3.77. The number of hydrogen-bond acceptors (Lipinski definition) is 2. The Labute approximate surface area is 73.4 Å². The normalized spacial score (nSPS) is 27.7. The second-order valence-electron chi connectivity index (χ2n) is 2.21. The average Bonchev–Trinajstić information content (AvgIpc) is 2.35. The van der Waals surface area contributed by atoms with Crippen LogP contribution in [0.25, 0.3) is 0 Å². The van der Waals surface area contributed by atoms with E-state index in [9.17, 15) is 4.79 Å². The molecule has 0 amide bonds. The zero-order valence-corrected chi connectivity index (χ0v) is 7.21. The van der Waals surface area contributed by atoms with Crippen LogP contribution in [0.2, 0.25) is 0 Å². The molecule has 0 spiro atoms. The molecule has 1 unspecified atom stereocenters. The van der Waals surface area contributed by atoms with Crippen LogP contribution in [0, 0.1) is 5.92 Å². The largest absolute Gasteiger partial charge is 0.453 e. The van der Waals surface area contributed by atoms with E-state index in [1.165, 1.54) is 0 Å². The van der Waals surface area contributed by atoms with E-state index in [4.69, 9.17) is 34.8 Å². The molecule has 1 aliphatic rings. The van der Waals surface area contributed by atoms with Gasteiger partial charge in [0, 0.05) is 17.5 Å². The average molecular weight is 203 g/mol. The highest BCUT2D eigenvalue weighted by Gasteiger charge is 2.52. The maximum atomic E-state index is 10.0. The molecule has 10 heavy (non-hydrogen) atoms. The van der Waals surface area contributed by atoms with Crippen LogP contribution >= 0.6 is 34.8 Å². The molecule has 1 aliphatic carbocycles. The van der Waals surface area contributed by atoms with E-state index in [0.717, 1.165) is 0 Å². The molecule has 5 heteroatoms. The predicted octanol–water partition coefficient (Wildman–Crippen LogP) is 2.56. The van der Waals surface area contributed by atoms with E-state index in [0.29, 0.717) is 6.42 Å².